The Bertz CT molecular complexity index is 978. The highest BCUT2D eigenvalue weighted by atomic mass is 32.1. The fourth-order valence-corrected chi connectivity index (χ4v) is 4.45. The molecule has 0 spiro atoms. The van der Waals surface area contributed by atoms with Gasteiger partial charge in [0.05, 0.1) is 5.69 Å². The van der Waals surface area contributed by atoms with Crippen LogP contribution >= 0.6 is 11.3 Å². The van der Waals surface area contributed by atoms with Crippen molar-refractivity contribution in [1.29, 1.82) is 0 Å². The number of anilines is 1. The van der Waals surface area contributed by atoms with Crippen LogP contribution in [0.5, 0.6) is 0 Å². The minimum atomic E-state index is -0.254. The molecule has 28 heavy (non-hydrogen) atoms. The van der Waals surface area contributed by atoms with Crippen LogP contribution in [-0.2, 0) is 4.79 Å². The molecular weight excluding hydrogens is 375 g/mol. The molecule has 1 aliphatic rings. The Hall–Kier alpha value is -2.54. The first-order valence-electron chi connectivity index (χ1n) is 9.58. The monoisotopic (exact) mass is 398 g/mol. The number of piperidine rings is 1. The molecule has 1 aromatic carbocycles. The molecule has 1 N–H and O–H groups in total. The van der Waals surface area contributed by atoms with Crippen molar-refractivity contribution in [3.63, 3.8) is 0 Å². The zero-order valence-electron chi connectivity index (χ0n) is 16.0. The molecule has 1 saturated heterocycles. The third-order valence-corrected chi connectivity index (χ3v) is 5.98. The lowest BCUT2D eigenvalue weighted by Crippen LogP contribution is -2.42. The largest absolute Gasteiger partial charge is 0.354 e. The second-order valence-corrected chi connectivity index (χ2v) is 8.40. The zero-order valence-corrected chi connectivity index (χ0v) is 16.8. The summed E-state index contributed by atoms with van der Waals surface area (Å²) < 4.78 is 13.1. The van der Waals surface area contributed by atoms with Crippen LogP contribution in [0.1, 0.15) is 26.7 Å². The van der Waals surface area contributed by atoms with E-state index >= 15 is 0 Å². The van der Waals surface area contributed by atoms with Crippen LogP contribution in [-0.4, -0.2) is 35.0 Å². The average Bonchev–Trinajstić information content (AvgIpc) is 3.11. The molecule has 0 bridgehead atoms. The van der Waals surface area contributed by atoms with Crippen molar-refractivity contribution < 1.29 is 9.18 Å². The van der Waals surface area contributed by atoms with E-state index in [9.17, 15) is 9.18 Å². The molecule has 0 saturated carbocycles. The normalized spacial score (nSPS) is 15.4. The van der Waals surface area contributed by atoms with E-state index in [4.69, 9.17) is 9.97 Å². The van der Waals surface area contributed by atoms with Crippen LogP contribution in [0.4, 0.5) is 9.52 Å². The molecule has 1 aliphatic heterocycles. The molecule has 3 heterocycles. The van der Waals surface area contributed by atoms with Crippen LogP contribution in [0.2, 0.25) is 0 Å². The van der Waals surface area contributed by atoms with E-state index in [2.05, 4.69) is 10.2 Å². The molecule has 7 heteroatoms. The summed E-state index contributed by atoms with van der Waals surface area (Å²) in [5.74, 6) is -0.0174. The van der Waals surface area contributed by atoms with Crippen LogP contribution in [0.3, 0.4) is 0 Å². The van der Waals surface area contributed by atoms with Crippen molar-refractivity contribution in [2.24, 2.45) is 5.92 Å². The number of aromatic nitrogens is 2. The molecule has 1 fully saturated rings. The van der Waals surface area contributed by atoms with E-state index in [1.807, 2.05) is 26.0 Å². The summed E-state index contributed by atoms with van der Waals surface area (Å²) in [7, 11) is 0. The van der Waals surface area contributed by atoms with Crippen LogP contribution in [0.15, 0.2) is 36.4 Å². The Labute approximate surface area is 167 Å². The number of thiazole rings is 1. The molecule has 0 aliphatic carbocycles. The van der Waals surface area contributed by atoms with Gasteiger partial charge in [-0.2, -0.15) is 0 Å². The number of nitrogens with one attached hydrogen (secondary N) is 1. The van der Waals surface area contributed by atoms with Crippen molar-refractivity contribution in [2.45, 2.75) is 32.7 Å². The Kier molecular flexibility index (Phi) is 5.26. The van der Waals surface area contributed by atoms with Gasteiger partial charge in [-0.1, -0.05) is 11.3 Å². The Morgan fingerprint density at radius 1 is 1.14 bits per heavy atom. The third kappa shape index (κ3) is 3.99. The Morgan fingerprint density at radius 3 is 2.54 bits per heavy atom. The van der Waals surface area contributed by atoms with Crippen LogP contribution in [0.25, 0.3) is 21.6 Å². The first kappa shape index (κ1) is 18.8. The van der Waals surface area contributed by atoms with Gasteiger partial charge in [0.15, 0.2) is 5.13 Å². The van der Waals surface area contributed by atoms with Gasteiger partial charge in [0.2, 0.25) is 5.91 Å². The van der Waals surface area contributed by atoms with Crippen molar-refractivity contribution >= 4 is 32.7 Å². The van der Waals surface area contributed by atoms with E-state index in [-0.39, 0.29) is 23.7 Å². The minimum Gasteiger partial charge on any atom is -0.354 e. The predicted octanol–water partition coefficient (Wildman–Crippen LogP) is 4.24. The van der Waals surface area contributed by atoms with Crippen LogP contribution in [0, 0.1) is 11.7 Å². The summed E-state index contributed by atoms with van der Waals surface area (Å²) in [4.78, 5) is 24.8. The lowest BCUT2D eigenvalue weighted by atomic mass is 9.96. The average molecular weight is 399 g/mol. The second kappa shape index (κ2) is 7.83. The van der Waals surface area contributed by atoms with Crippen molar-refractivity contribution in [3.05, 3.63) is 42.2 Å². The number of rotatable bonds is 4. The number of benzene rings is 1. The minimum absolute atomic E-state index is 0.0798. The van der Waals surface area contributed by atoms with Crippen molar-refractivity contribution in [1.82, 2.24) is 15.3 Å². The number of hydrogen-bond donors (Lipinski definition) is 1. The second-order valence-electron chi connectivity index (χ2n) is 7.45. The first-order valence-corrected chi connectivity index (χ1v) is 10.4. The van der Waals surface area contributed by atoms with Gasteiger partial charge in [-0.25, -0.2) is 14.4 Å². The molecule has 4 rings (SSSR count). The zero-order chi connectivity index (χ0) is 19.7. The fraction of sp³-hybridized carbons (Fsp3) is 0.381. The van der Waals surface area contributed by atoms with E-state index in [0.717, 1.165) is 52.7 Å². The van der Waals surface area contributed by atoms with Gasteiger partial charge in [-0.15, -0.1) is 0 Å². The van der Waals surface area contributed by atoms with Gasteiger partial charge >= 0.3 is 0 Å². The number of pyridine rings is 1. The first-order chi connectivity index (χ1) is 13.5. The summed E-state index contributed by atoms with van der Waals surface area (Å²) in [6.07, 6.45) is 1.67. The fourth-order valence-electron chi connectivity index (χ4n) is 3.46. The molecular formula is C21H23FN4OS. The summed E-state index contributed by atoms with van der Waals surface area (Å²) in [6.45, 7) is 5.62. The molecule has 0 atom stereocenters. The maximum atomic E-state index is 13.1. The molecule has 1 amide bonds. The van der Waals surface area contributed by atoms with Gasteiger partial charge in [0, 0.05) is 30.6 Å². The number of halogens is 1. The topological polar surface area (TPSA) is 58.1 Å². The maximum Gasteiger partial charge on any atom is 0.223 e. The highest BCUT2D eigenvalue weighted by Gasteiger charge is 2.26. The van der Waals surface area contributed by atoms with Gasteiger partial charge in [0.1, 0.15) is 16.2 Å². The highest BCUT2D eigenvalue weighted by molar-refractivity contribution is 7.21. The number of carbonyl (C=O) groups excluding carboxylic acids is 1. The maximum absolute atomic E-state index is 13.1. The van der Waals surface area contributed by atoms with Gasteiger partial charge in [-0.05, 0) is 63.1 Å². The third-order valence-electron chi connectivity index (χ3n) is 4.95. The molecule has 3 aromatic rings. The molecule has 146 valence electrons. The van der Waals surface area contributed by atoms with E-state index < -0.39 is 0 Å². The summed E-state index contributed by atoms with van der Waals surface area (Å²) in [5, 5.41) is 3.96. The van der Waals surface area contributed by atoms with E-state index in [1.54, 1.807) is 23.5 Å². The van der Waals surface area contributed by atoms with E-state index in [1.165, 1.54) is 12.1 Å². The Balaban J connectivity index is 1.48. The molecule has 0 radical (unpaired) electrons. The Morgan fingerprint density at radius 2 is 1.86 bits per heavy atom. The van der Waals surface area contributed by atoms with E-state index in [0.29, 0.717) is 0 Å². The van der Waals surface area contributed by atoms with Crippen LogP contribution < -0.4 is 10.2 Å². The smallest absolute Gasteiger partial charge is 0.223 e. The molecule has 2 aromatic heterocycles. The number of nitrogens with zero attached hydrogens (tertiary/aromatic N) is 3. The van der Waals surface area contributed by atoms with Gasteiger partial charge in [-0.3, -0.25) is 4.79 Å². The standard InChI is InChI=1S/C21H23FN4OS/c1-13(2)23-19(27)15-9-11-26(12-10-15)21-25-18-8-7-17(24-20(18)28-21)14-3-5-16(22)6-4-14/h3-8,13,15H,9-12H2,1-2H3,(H,23,27). The van der Waals surface area contributed by atoms with Gasteiger partial charge < -0.3 is 10.2 Å². The predicted molar refractivity (Wildman–Crippen MR) is 111 cm³/mol. The summed E-state index contributed by atoms with van der Waals surface area (Å²) in [5.41, 5.74) is 2.56. The van der Waals surface area contributed by atoms with Gasteiger partial charge in [0.25, 0.3) is 0 Å². The number of hydrogen-bond acceptors (Lipinski definition) is 5. The number of fused-ring (bicyclic) bond motifs is 1. The lowest BCUT2D eigenvalue weighted by Gasteiger charge is -2.31. The summed E-state index contributed by atoms with van der Waals surface area (Å²) in [6, 6.07) is 10.4. The molecule has 5 nitrogen and oxygen atoms in total. The number of carbonyl (C=O) groups is 1. The molecule has 0 unspecified atom stereocenters. The van der Waals surface area contributed by atoms with Crippen molar-refractivity contribution in [2.75, 3.05) is 18.0 Å². The highest BCUT2D eigenvalue weighted by Crippen LogP contribution is 2.32. The SMILES string of the molecule is CC(C)NC(=O)C1CCN(c2nc3ccc(-c4ccc(F)cc4)nc3s2)CC1. The lowest BCUT2D eigenvalue weighted by molar-refractivity contribution is -0.126. The van der Waals surface area contributed by atoms with Crippen molar-refractivity contribution in [3.8, 4) is 11.3 Å². The quantitative estimate of drug-likeness (QED) is 0.714. The number of amides is 1. The summed E-state index contributed by atoms with van der Waals surface area (Å²) >= 11 is 1.57.